The molecule has 4 radical (unpaired) electrons. The third kappa shape index (κ3) is 1.25. The van der Waals surface area contributed by atoms with Crippen molar-refractivity contribution in [1.29, 1.82) is 0 Å². The Morgan fingerprint density at radius 1 is 0.833 bits per heavy atom. The molecule has 12 heavy (non-hydrogen) atoms. The number of thiophene rings is 2. The summed E-state index contributed by atoms with van der Waals surface area (Å²) in [6, 6.07) is 3.80. The summed E-state index contributed by atoms with van der Waals surface area (Å²) in [5.74, 6) is 0. The highest BCUT2D eigenvalue weighted by atomic mass is 32.1. The molecule has 0 unspecified atom stereocenters. The molecule has 2 aromatic heterocycles. The van der Waals surface area contributed by atoms with E-state index in [1.165, 1.54) is 0 Å². The average Bonchev–Trinajstić information content (AvgIpc) is 2.59. The number of rotatable bonds is 1. The largest absolute Gasteiger partial charge is 0.144 e. The minimum atomic E-state index is 0.814. The van der Waals surface area contributed by atoms with Crippen LogP contribution in [0.5, 0.6) is 0 Å². The van der Waals surface area contributed by atoms with Gasteiger partial charge in [0.2, 0.25) is 0 Å². The molecule has 2 heterocycles. The molecule has 0 aliphatic heterocycles. The molecule has 0 amide bonds. The smallest absolute Gasteiger partial charge is 0.115 e. The fraction of sp³-hybridized carbons (Fsp3) is 0. The summed E-state index contributed by atoms with van der Waals surface area (Å²) in [7, 11) is 11.5. The molecule has 0 bridgehead atoms. The zero-order chi connectivity index (χ0) is 8.55. The Balaban J connectivity index is 2.57. The quantitative estimate of drug-likeness (QED) is 0.584. The number of hydrogen-bond acceptors (Lipinski definition) is 2. The van der Waals surface area contributed by atoms with Crippen LogP contribution in [0.25, 0.3) is 9.75 Å². The molecule has 0 nitrogen and oxygen atoms in total. The average molecular weight is 186 g/mol. The first-order valence-electron chi connectivity index (χ1n) is 3.45. The van der Waals surface area contributed by atoms with Crippen molar-refractivity contribution in [2.24, 2.45) is 0 Å². The Bertz CT molecular complexity index is 351. The van der Waals surface area contributed by atoms with Gasteiger partial charge >= 0.3 is 0 Å². The first-order chi connectivity index (χ1) is 5.79. The van der Waals surface area contributed by atoms with Gasteiger partial charge < -0.3 is 0 Å². The predicted octanol–water partition coefficient (Wildman–Crippen LogP) is 1.06. The Hall–Kier alpha value is -0.470. The van der Waals surface area contributed by atoms with Crippen LogP contribution in [0.3, 0.4) is 0 Å². The predicted molar refractivity (Wildman–Crippen MR) is 58.4 cm³/mol. The first-order valence-corrected chi connectivity index (χ1v) is 5.21. The second-order valence-corrected chi connectivity index (χ2v) is 4.24. The Morgan fingerprint density at radius 3 is 1.50 bits per heavy atom. The summed E-state index contributed by atoms with van der Waals surface area (Å²) < 4.78 is 0. The normalized spacial score (nSPS) is 10.3. The van der Waals surface area contributed by atoms with Crippen LogP contribution < -0.4 is 10.9 Å². The van der Waals surface area contributed by atoms with Crippen LogP contribution in [0, 0.1) is 0 Å². The van der Waals surface area contributed by atoms with Crippen molar-refractivity contribution in [3.8, 4) is 9.75 Å². The van der Waals surface area contributed by atoms with Crippen LogP contribution in [0.1, 0.15) is 0 Å². The van der Waals surface area contributed by atoms with E-state index >= 15 is 0 Å². The van der Waals surface area contributed by atoms with Crippen molar-refractivity contribution in [3.05, 3.63) is 22.9 Å². The van der Waals surface area contributed by atoms with Crippen molar-refractivity contribution in [1.82, 2.24) is 0 Å². The van der Waals surface area contributed by atoms with Gasteiger partial charge in [0.15, 0.2) is 0 Å². The topological polar surface area (TPSA) is 0 Å². The second kappa shape index (κ2) is 3.11. The van der Waals surface area contributed by atoms with Crippen molar-refractivity contribution in [2.45, 2.75) is 0 Å². The standard InChI is InChI=1S/C8H4B2S2/c9-5-1-3-11-7(5)8-6(10)2-4-12-8/h1-4H. The Morgan fingerprint density at radius 2 is 1.25 bits per heavy atom. The van der Waals surface area contributed by atoms with Gasteiger partial charge in [-0.1, -0.05) is 23.1 Å². The van der Waals surface area contributed by atoms with Crippen molar-refractivity contribution < 1.29 is 0 Å². The summed E-state index contributed by atoms with van der Waals surface area (Å²) in [6.07, 6.45) is 0. The van der Waals surface area contributed by atoms with Crippen LogP contribution in [0.4, 0.5) is 0 Å². The molecule has 0 saturated heterocycles. The van der Waals surface area contributed by atoms with Gasteiger partial charge in [-0.15, -0.1) is 22.7 Å². The molecule has 0 fully saturated rings. The zero-order valence-corrected chi connectivity index (χ0v) is 7.91. The lowest BCUT2D eigenvalue weighted by atomic mass is 9.91. The van der Waals surface area contributed by atoms with E-state index in [9.17, 15) is 0 Å². The lowest BCUT2D eigenvalue weighted by Crippen LogP contribution is -2.06. The van der Waals surface area contributed by atoms with Crippen LogP contribution in [-0.2, 0) is 0 Å². The van der Waals surface area contributed by atoms with E-state index in [-0.39, 0.29) is 0 Å². The number of hydrogen-bond donors (Lipinski definition) is 0. The Kier molecular flexibility index (Phi) is 2.11. The van der Waals surface area contributed by atoms with Gasteiger partial charge in [0.25, 0.3) is 0 Å². The van der Waals surface area contributed by atoms with E-state index in [1.54, 1.807) is 22.7 Å². The van der Waals surface area contributed by atoms with Crippen LogP contribution in [0.2, 0.25) is 0 Å². The van der Waals surface area contributed by atoms with Crippen molar-refractivity contribution in [2.75, 3.05) is 0 Å². The van der Waals surface area contributed by atoms with E-state index < -0.39 is 0 Å². The molecule has 2 aromatic rings. The molecule has 0 saturated carbocycles. The monoisotopic (exact) mass is 186 g/mol. The summed E-state index contributed by atoms with van der Waals surface area (Å²) in [4.78, 5) is 2.17. The van der Waals surface area contributed by atoms with Gasteiger partial charge in [-0.25, -0.2) is 0 Å². The molecule has 54 valence electrons. The van der Waals surface area contributed by atoms with Crippen LogP contribution in [-0.4, -0.2) is 15.7 Å². The zero-order valence-electron chi connectivity index (χ0n) is 6.28. The molecule has 0 atom stereocenters. The van der Waals surface area contributed by atoms with Crippen molar-refractivity contribution >= 4 is 49.3 Å². The highest BCUT2D eigenvalue weighted by molar-refractivity contribution is 7.22. The van der Waals surface area contributed by atoms with E-state index in [4.69, 9.17) is 15.7 Å². The van der Waals surface area contributed by atoms with E-state index in [2.05, 4.69) is 0 Å². The molecule has 0 aromatic carbocycles. The maximum Gasteiger partial charge on any atom is 0.115 e. The lowest BCUT2D eigenvalue weighted by Gasteiger charge is -1.97. The second-order valence-electron chi connectivity index (χ2n) is 2.41. The van der Waals surface area contributed by atoms with Crippen LogP contribution >= 0.6 is 22.7 Å². The molecular formula is C8H4B2S2. The molecule has 0 aliphatic rings. The molecular weight excluding hydrogens is 182 g/mol. The van der Waals surface area contributed by atoms with Gasteiger partial charge in [-0.05, 0) is 10.8 Å². The van der Waals surface area contributed by atoms with Gasteiger partial charge in [-0.2, -0.15) is 0 Å². The first kappa shape index (κ1) is 8.14. The summed E-state index contributed by atoms with van der Waals surface area (Å²) in [5, 5.41) is 3.95. The third-order valence-electron chi connectivity index (χ3n) is 1.60. The highest BCUT2D eigenvalue weighted by Crippen LogP contribution is 2.24. The molecule has 0 N–H and O–H groups in total. The molecule has 2 rings (SSSR count). The Labute approximate surface area is 82.1 Å². The van der Waals surface area contributed by atoms with Gasteiger partial charge in [0.1, 0.15) is 15.7 Å². The minimum absolute atomic E-state index is 0.814. The molecule has 0 spiro atoms. The van der Waals surface area contributed by atoms with Gasteiger partial charge in [0, 0.05) is 9.75 Å². The van der Waals surface area contributed by atoms with E-state index in [0.717, 1.165) is 20.7 Å². The minimum Gasteiger partial charge on any atom is -0.144 e. The van der Waals surface area contributed by atoms with Gasteiger partial charge in [0.05, 0.1) is 0 Å². The fourth-order valence-corrected chi connectivity index (χ4v) is 2.86. The fourth-order valence-electron chi connectivity index (χ4n) is 1.01. The lowest BCUT2D eigenvalue weighted by molar-refractivity contribution is 2.07. The maximum atomic E-state index is 5.76. The van der Waals surface area contributed by atoms with Gasteiger partial charge in [-0.3, -0.25) is 0 Å². The SMILES string of the molecule is [B]c1ccsc1-c1sccc1[B]. The maximum absolute atomic E-state index is 5.76. The van der Waals surface area contributed by atoms with Crippen LogP contribution in [0.15, 0.2) is 22.9 Å². The highest BCUT2D eigenvalue weighted by Gasteiger charge is 2.05. The molecule has 0 aliphatic carbocycles. The summed E-state index contributed by atoms with van der Waals surface area (Å²) in [6.45, 7) is 0. The summed E-state index contributed by atoms with van der Waals surface area (Å²) >= 11 is 3.25. The van der Waals surface area contributed by atoms with Crippen molar-refractivity contribution in [3.63, 3.8) is 0 Å². The van der Waals surface area contributed by atoms with E-state index in [1.807, 2.05) is 22.9 Å². The summed E-state index contributed by atoms with van der Waals surface area (Å²) in [5.41, 5.74) is 1.63. The molecule has 4 heteroatoms. The van der Waals surface area contributed by atoms with E-state index in [0.29, 0.717) is 0 Å². The third-order valence-corrected chi connectivity index (χ3v) is 3.62.